The van der Waals surface area contributed by atoms with Crippen molar-refractivity contribution in [2.75, 3.05) is 0 Å². The number of hydrogen-bond acceptors (Lipinski definition) is 4. The zero-order valence-corrected chi connectivity index (χ0v) is 36.7. The molecule has 0 N–H and O–H groups in total. The van der Waals surface area contributed by atoms with Gasteiger partial charge in [0.2, 0.25) is 0 Å². The van der Waals surface area contributed by atoms with E-state index in [-0.39, 0.29) is 22.2 Å². The molecule has 0 aliphatic rings. The minimum absolute atomic E-state index is 0.183. The molecule has 3 heterocycles. The molecule has 0 unspecified atom stereocenters. The van der Waals surface area contributed by atoms with Crippen LogP contribution >= 0.6 is 0 Å². The van der Waals surface area contributed by atoms with Gasteiger partial charge in [-0.3, -0.25) is 0 Å². The SMILES string of the molecule is [2H]c1c([2H])c(-c2nc(-c3ccc([Si](c4ccccc4)(c4ccccc4)c4ccccc4)cc3)nc(-c3c([2H])c([2H])c([2H])c([2H])c3-n3c4c([2H])c([2H])c([2H])c([2H])c4c4c([2H])c([2H])c([2H])c([2H])c43)n2)c([2H])c(-c2c([2H])c([2H])c3oc4c([2H])c([2H])c([2H])c([2H])c4c3c2[2H])c1[2H]. The molecule has 324 valence electrons. The number of nitrogens with zero attached hydrogens (tertiary/aromatic N) is 4. The summed E-state index contributed by atoms with van der Waals surface area (Å²) in [6, 6.07) is 18.2. The Morgan fingerprint density at radius 2 is 0.855 bits per heavy atom. The van der Waals surface area contributed by atoms with Crippen LogP contribution < -0.4 is 20.7 Å². The van der Waals surface area contributed by atoms with E-state index in [4.69, 9.17) is 37.2 Å². The summed E-state index contributed by atoms with van der Waals surface area (Å²) in [7, 11) is -3.23. The van der Waals surface area contributed by atoms with Crippen LogP contribution in [0.3, 0.4) is 0 Å². The zero-order chi connectivity index (χ0) is 65.7. The fraction of sp³-hybridized carbons (Fsp3) is 0. The average molecular weight is 922 g/mol. The van der Waals surface area contributed by atoms with E-state index < -0.39 is 220 Å². The predicted molar refractivity (Wildman–Crippen MR) is 287 cm³/mol. The van der Waals surface area contributed by atoms with Gasteiger partial charge in [0.1, 0.15) is 11.2 Å². The number of aromatic nitrogens is 4. The first-order valence-electron chi connectivity index (χ1n) is 33.0. The highest BCUT2D eigenvalue weighted by atomic mass is 28.3. The van der Waals surface area contributed by atoms with Gasteiger partial charge in [-0.1, -0.05) is 206 Å². The first kappa shape index (κ1) is 23.2. The lowest BCUT2D eigenvalue weighted by atomic mass is 10.0. The van der Waals surface area contributed by atoms with Gasteiger partial charge in [0, 0.05) is 38.2 Å². The summed E-state index contributed by atoms with van der Waals surface area (Å²) in [5.74, 6) is -1.68. The molecule has 6 heteroatoms. The van der Waals surface area contributed by atoms with Crippen LogP contribution in [0.25, 0.3) is 94.7 Å². The molecule has 69 heavy (non-hydrogen) atoms. The molecule has 0 atom stereocenters. The van der Waals surface area contributed by atoms with E-state index in [1.165, 1.54) is 0 Å². The topological polar surface area (TPSA) is 56.7 Å². The summed E-state index contributed by atoms with van der Waals surface area (Å²) in [4.78, 5) is 14.5. The normalized spacial score (nSPS) is 16.4. The summed E-state index contributed by atoms with van der Waals surface area (Å²) in [5, 5.41) is 2.30. The minimum Gasteiger partial charge on any atom is -0.456 e. The molecule has 5 nitrogen and oxygen atoms in total. The maximum Gasteiger partial charge on any atom is 0.179 e. The van der Waals surface area contributed by atoms with Gasteiger partial charge in [-0.05, 0) is 80.2 Å². The lowest BCUT2D eigenvalue weighted by Crippen LogP contribution is -2.74. The van der Waals surface area contributed by atoms with Crippen molar-refractivity contribution in [1.82, 2.24) is 19.5 Å². The molecule has 13 rings (SSSR count). The molecule has 0 aliphatic heterocycles. The molecule has 3 aromatic heterocycles. The van der Waals surface area contributed by atoms with Crippen LogP contribution in [-0.4, -0.2) is 27.6 Å². The van der Waals surface area contributed by atoms with Crippen molar-refractivity contribution in [2.45, 2.75) is 0 Å². The Kier molecular flexibility index (Phi) is 5.61. The van der Waals surface area contributed by atoms with Crippen LogP contribution in [0.4, 0.5) is 0 Å². The number of rotatable bonds is 9. The Labute approximate surface area is 432 Å². The van der Waals surface area contributed by atoms with Gasteiger partial charge in [-0.15, -0.1) is 0 Å². The van der Waals surface area contributed by atoms with Crippen LogP contribution in [-0.2, 0) is 0 Å². The monoisotopic (exact) mass is 921 g/mol. The largest absolute Gasteiger partial charge is 0.456 e. The van der Waals surface area contributed by atoms with Gasteiger partial charge < -0.3 is 8.98 Å². The van der Waals surface area contributed by atoms with E-state index >= 15 is 0 Å². The van der Waals surface area contributed by atoms with Crippen molar-refractivity contribution in [2.24, 2.45) is 0 Å². The standard InChI is InChI=1S/C63H42N4OSi/c1-4-21-47(22-5-1)69(48-23-6-2-7-24-48,49-25-8-3-9-26-49)50-38-35-43(36-39-50)61-64-62(46-20-18-19-44(41-46)45-37-40-60-55(42-45)53-29-13-17-34-59(53)68-60)66-63(65-61)54-30-12-16-33-58(54)67-56-31-14-10-27-51(56)52-28-11-15-32-57(52)67/h1-42H/i10D,11D,12D,13D,14D,15D,16D,17D,18D,19D,20D,27D,28D,29D,30D,31D,32D,33D,34D,37D,40D,41D,42D. The molecule has 0 aliphatic carbocycles. The first-order valence-corrected chi connectivity index (χ1v) is 23.5. The second-order valence-electron chi connectivity index (χ2n) is 15.7. The Hall–Kier alpha value is -8.97. The predicted octanol–water partition coefficient (Wildman–Crippen LogP) is 12.9. The van der Waals surface area contributed by atoms with Crippen LogP contribution in [0.5, 0.6) is 0 Å². The molecule has 0 fully saturated rings. The highest BCUT2D eigenvalue weighted by Crippen LogP contribution is 2.37. The van der Waals surface area contributed by atoms with Gasteiger partial charge >= 0.3 is 0 Å². The third-order valence-electron chi connectivity index (χ3n) is 12.0. The van der Waals surface area contributed by atoms with Crippen LogP contribution in [0.15, 0.2) is 259 Å². The Morgan fingerprint density at radius 1 is 0.362 bits per heavy atom. The number of furan rings is 1. The number of para-hydroxylation sites is 4. The van der Waals surface area contributed by atoms with Gasteiger partial charge in [-0.2, -0.15) is 0 Å². The summed E-state index contributed by atoms with van der Waals surface area (Å²) in [6.45, 7) is 0. The average Bonchev–Trinajstić information content (AvgIpc) is 1.54. The van der Waals surface area contributed by atoms with Crippen LogP contribution in [0, 0.1) is 0 Å². The van der Waals surface area contributed by atoms with Crippen LogP contribution in [0.1, 0.15) is 31.5 Å². The molecule has 0 saturated heterocycles. The molecular formula is C63H42N4OSi. The number of hydrogen-bond donors (Lipinski definition) is 0. The first-order chi connectivity index (χ1) is 43.8. The van der Waals surface area contributed by atoms with Crippen molar-refractivity contribution < 1.29 is 35.9 Å². The Balaban J connectivity index is 1.16. The summed E-state index contributed by atoms with van der Waals surface area (Å²) >= 11 is 0. The highest BCUT2D eigenvalue weighted by molar-refractivity contribution is 7.19. The Morgan fingerprint density at radius 3 is 1.51 bits per heavy atom. The number of benzene rings is 10. The molecule has 0 bridgehead atoms. The number of fused-ring (bicyclic) bond motifs is 6. The maximum absolute atomic E-state index is 10.0. The van der Waals surface area contributed by atoms with Gasteiger partial charge in [0.25, 0.3) is 0 Å². The maximum atomic E-state index is 10.0. The van der Waals surface area contributed by atoms with Crippen molar-refractivity contribution in [3.63, 3.8) is 0 Å². The van der Waals surface area contributed by atoms with Crippen molar-refractivity contribution in [3.8, 4) is 51.0 Å². The van der Waals surface area contributed by atoms with Crippen molar-refractivity contribution >= 4 is 72.6 Å². The van der Waals surface area contributed by atoms with E-state index in [1.807, 2.05) is 66.7 Å². The van der Waals surface area contributed by atoms with Crippen molar-refractivity contribution in [1.29, 1.82) is 0 Å². The lowest BCUT2D eigenvalue weighted by molar-refractivity contribution is 0.669. The lowest BCUT2D eigenvalue weighted by Gasteiger charge is -2.34. The molecule has 0 spiro atoms. The van der Waals surface area contributed by atoms with Crippen molar-refractivity contribution in [3.05, 3.63) is 254 Å². The smallest absolute Gasteiger partial charge is 0.179 e. The molecule has 0 saturated carbocycles. The molecular weight excluding hydrogens is 857 g/mol. The van der Waals surface area contributed by atoms with E-state index in [1.54, 1.807) is 12.1 Å². The summed E-state index contributed by atoms with van der Waals surface area (Å²) in [6.07, 6.45) is 0. The van der Waals surface area contributed by atoms with E-state index in [9.17, 15) is 13.7 Å². The molecule has 0 amide bonds. The second kappa shape index (κ2) is 16.7. The van der Waals surface area contributed by atoms with E-state index in [0.717, 1.165) is 25.3 Å². The van der Waals surface area contributed by atoms with Gasteiger partial charge in [-0.25, -0.2) is 15.0 Å². The molecule has 13 aromatic rings. The fourth-order valence-corrected chi connectivity index (χ4v) is 13.7. The quantitative estimate of drug-likeness (QED) is 0.107. The highest BCUT2D eigenvalue weighted by Gasteiger charge is 2.41. The van der Waals surface area contributed by atoms with Gasteiger partial charge in [0.05, 0.1) is 48.2 Å². The minimum atomic E-state index is -3.23. The fourth-order valence-electron chi connectivity index (χ4n) is 8.95. The van der Waals surface area contributed by atoms with E-state index in [0.29, 0.717) is 0 Å². The zero-order valence-electron chi connectivity index (χ0n) is 58.7. The van der Waals surface area contributed by atoms with E-state index in [2.05, 4.69) is 36.4 Å². The van der Waals surface area contributed by atoms with Crippen LogP contribution in [0.2, 0.25) is 0 Å². The third kappa shape index (κ3) is 6.80. The molecule has 10 aromatic carbocycles. The summed E-state index contributed by atoms with van der Waals surface area (Å²) < 4.78 is 217. The third-order valence-corrected chi connectivity index (χ3v) is 16.8. The molecule has 0 radical (unpaired) electrons. The van der Waals surface area contributed by atoms with Gasteiger partial charge in [0.15, 0.2) is 25.5 Å². The Bertz CT molecular complexity index is 5210. The second-order valence-corrected chi connectivity index (χ2v) is 19.6. The summed E-state index contributed by atoms with van der Waals surface area (Å²) in [5.41, 5.74) is -5.20.